The van der Waals surface area contributed by atoms with Crippen LogP contribution in [0.1, 0.15) is 105 Å². The predicted molar refractivity (Wildman–Crippen MR) is 184 cm³/mol. The molecule has 3 saturated carbocycles. The molecule has 284 valence electrons. The van der Waals surface area contributed by atoms with Crippen LogP contribution < -0.4 is 0 Å². The number of fused-ring (bicyclic) bond motifs is 3. The van der Waals surface area contributed by atoms with Crippen LogP contribution in [-0.2, 0) is 43.7 Å². The second-order valence-electron chi connectivity index (χ2n) is 16.2. The number of ketones is 1. The number of hydrogen-bond donors (Lipinski definition) is 0. The van der Waals surface area contributed by atoms with E-state index in [4.69, 9.17) is 18.9 Å². The summed E-state index contributed by atoms with van der Waals surface area (Å²) in [7, 11) is 0.795. The van der Waals surface area contributed by atoms with Gasteiger partial charge in [0.2, 0.25) is 0 Å². The first-order valence-corrected chi connectivity index (χ1v) is 18.0. The van der Waals surface area contributed by atoms with Crippen molar-refractivity contribution in [2.24, 2.45) is 39.9 Å². The summed E-state index contributed by atoms with van der Waals surface area (Å²) in [6, 6.07) is 6.52. The second kappa shape index (κ2) is 15.0. The van der Waals surface area contributed by atoms with E-state index in [1.54, 1.807) is 0 Å². The molecule has 4 rings (SSSR count). The first kappa shape index (κ1) is 40.6. The average molecular weight is 721 g/mol. The maximum absolute atomic E-state index is 15.0. The van der Waals surface area contributed by atoms with Gasteiger partial charge in [0.25, 0.3) is 5.60 Å². The minimum absolute atomic E-state index is 0.0360. The van der Waals surface area contributed by atoms with Crippen molar-refractivity contribution in [2.75, 3.05) is 13.7 Å². The zero-order valence-corrected chi connectivity index (χ0v) is 31.3. The fourth-order valence-electron chi connectivity index (χ4n) is 10.5. The van der Waals surface area contributed by atoms with Crippen molar-refractivity contribution < 1.29 is 51.3 Å². The molecule has 0 aliphatic heterocycles. The van der Waals surface area contributed by atoms with Gasteiger partial charge in [-0.3, -0.25) is 14.4 Å². The maximum Gasteiger partial charge on any atom is 0.432 e. The van der Waals surface area contributed by atoms with Crippen LogP contribution in [0.3, 0.4) is 0 Å². The van der Waals surface area contributed by atoms with Gasteiger partial charge in [-0.15, -0.1) is 0 Å². The molecule has 3 aliphatic carbocycles. The van der Waals surface area contributed by atoms with Gasteiger partial charge >= 0.3 is 24.1 Å². The molecule has 0 radical (unpaired) electrons. The van der Waals surface area contributed by atoms with Crippen molar-refractivity contribution in [3.8, 4) is 0 Å². The van der Waals surface area contributed by atoms with E-state index in [9.17, 15) is 19.2 Å². The number of carbonyl (C=O) groups excluding carboxylic acids is 4. The minimum atomic E-state index is -5.24. The third kappa shape index (κ3) is 7.65. The summed E-state index contributed by atoms with van der Waals surface area (Å²) in [5.74, 6) is -4.43. The van der Waals surface area contributed by atoms with Crippen molar-refractivity contribution in [1.29, 1.82) is 0 Å². The molecular formula is C40H55F3O8. The van der Waals surface area contributed by atoms with Gasteiger partial charge in [0.1, 0.15) is 18.0 Å². The molecule has 51 heavy (non-hydrogen) atoms. The molecular weight excluding hydrogens is 665 g/mol. The lowest BCUT2D eigenvalue weighted by molar-refractivity contribution is -0.279. The Kier molecular flexibility index (Phi) is 12.0. The lowest BCUT2D eigenvalue weighted by Gasteiger charge is -2.66. The highest BCUT2D eigenvalue weighted by Gasteiger charge is 2.66. The molecule has 0 spiro atoms. The Hall–Kier alpha value is -3.21. The van der Waals surface area contributed by atoms with Gasteiger partial charge in [0.15, 0.2) is 0 Å². The molecule has 0 saturated heterocycles. The molecule has 8 nitrogen and oxygen atoms in total. The summed E-state index contributed by atoms with van der Waals surface area (Å²) in [5, 5.41) is 0. The normalized spacial score (nSPS) is 31.2. The molecule has 0 N–H and O–H groups in total. The van der Waals surface area contributed by atoms with E-state index >= 15 is 13.2 Å². The van der Waals surface area contributed by atoms with Crippen LogP contribution in [0.5, 0.6) is 0 Å². The summed E-state index contributed by atoms with van der Waals surface area (Å²) in [6.45, 7) is 17.1. The van der Waals surface area contributed by atoms with E-state index in [0.717, 1.165) is 51.3 Å². The van der Waals surface area contributed by atoms with Gasteiger partial charge in [-0.1, -0.05) is 71.0 Å². The van der Waals surface area contributed by atoms with Crippen LogP contribution in [0.4, 0.5) is 13.2 Å². The van der Waals surface area contributed by atoms with Crippen molar-refractivity contribution in [1.82, 2.24) is 0 Å². The molecule has 0 amide bonds. The van der Waals surface area contributed by atoms with Gasteiger partial charge in [-0.05, 0) is 91.4 Å². The first-order valence-electron chi connectivity index (χ1n) is 18.0. The lowest BCUT2D eigenvalue weighted by Crippen LogP contribution is -2.61. The predicted octanol–water partition coefficient (Wildman–Crippen LogP) is 8.31. The van der Waals surface area contributed by atoms with E-state index in [1.165, 1.54) is 39.0 Å². The summed E-state index contributed by atoms with van der Waals surface area (Å²) in [5.41, 5.74) is -3.90. The van der Waals surface area contributed by atoms with E-state index in [2.05, 4.69) is 34.3 Å². The highest BCUT2D eigenvalue weighted by molar-refractivity contribution is 5.84. The van der Waals surface area contributed by atoms with Gasteiger partial charge in [0, 0.05) is 26.5 Å². The summed E-state index contributed by atoms with van der Waals surface area (Å²) in [6.07, 6.45) is -2.10. The molecule has 9 atom stereocenters. The zero-order chi connectivity index (χ0) is 38.2. The number of alkyl halides is 3. The standard InChI is InChI=1S/C40H55F3O8/c1-24-30(37(7)20-16-33-36(5,6)18-13-19-38(33,8)34(37)23-31(24)50-27(4)46)22-32(29(25(2)44)17-21-49-26(3)45)51-35(47)39(48-9,40(41,42)43)28-14-11-10-12-15-28/h10-12,14-15,29-34H,1,13,16-23H2,2-9H3/t29-,30-,31+,32+,33+,34+,37+,38+,39-/m1/s1. The Morgan fingerprint density at radius 2 is 1.57 bits per heavy atom. The molecule has 3 aliphatic rings. The largest absolute Gasteiger partial charge is 0.466 e. The highest BCUT2D eigenvalue weighted by Crippen LogP contribution is 2.69. The van der Waals surface area contributed by atoms with E-state index in [0.29, 0.717) is 17.9 Å². The van der Waals surface area contributed by atoms with Crippen LogP contribution in [0.15, 0.2) is 42.5 Å². The Balaban J connectivity index is 1.84. The van der Waals surface area contributed by atoms with Gasteiger partial charge in [-0.25, -0.2) is 4.79 Å². The Labute approximate surface area is 300 Å². The zero-order valence-electron chi connectivity index (χ0n) is 31.3. The molecule has 0 aromatic heterocycles. The fourth-order valence-corrected chi connectivity index (χ4v) is 10.5. The number of halogens is 3. The Bertz CT molecular complexity index is 1470. The van der Waals surface area contributed by atoms with E-state index in [1.807, 2.05) is 0 Å². The van der Waals surface area contributed by atoms with Crippen molar-refractivity contribution >= 4 is 23.7 Å². The Morgan fingerprint density at radius 1 is 0.922 bits per heavy atom. The SMILES string of the molecule is C=C1[C@@H](OC(C)=O)C[C@H]2[C@@](C)(CC[C@H]3C(C)(C)CCC[C@]23C)[C@@H]1C[C@H](OC(=O)[C@](OC)(c1ccccc1)C(F)(F)F)[C@H](CCOC(C)=O)C(C)=O. The number of rotatable bonds is 12. The number of esters is 3. The topological polar surface area (TPSA) is 105 Å². The number of methoxy groups -OCH3 is 1. The third-order valence-electron chi connectivity index (χ3n) is 12.9. The highest BCUT2D eigenvalue weighted by atomic mass is 19.4. The molecule has 0 heterocycles. The Morgan fingerprint density at radius 3 is 2.12 bits per heavy atom. The second-order valence-corrected chi connectivity index (χ2v) is 16.2. The van der Waals surface area contributed by atoms with Crippen LogP contribution in [-0.4, -0.2) is 55.8 Å². The van der Waals surface area contributed by atoms with E-state index < -0.39 is 70.5 Å². The summed E-state index contributed by atoms with van der Waals surface area (Å²) >= 11 is 0. The number of ether oxygens (including phenoxy) is 4. The lowest BCUT2D eigenvalue weighted by atomic mass is 9.38. The van der Waals surface area contributed by atoms with Crippen LogP contribution >= 0.6 is 0 Å². The molecule has 1 aromatic carbocycles. The van der Waals surface area contributed by atoms with Gasteiger partial charge < -0.3 is 18.9 Å². The van der Waals surface area contributed by atoms with E-state index in [-0.39, 0.29) is 36.2 Å². The summed E-state index contributed by atoms with van der Waals surface area (Å²) in [4.78, 5) is 51.6. The number of Topliss-reactive ketones (excluding diaryl/α,β-unsaturated/α-hetero) is 1. The smallest absolute Gasteiger partial charge is 0.432 e. The first-order chi connectivity index (χ1) is 23.7. The number of carbonyl (C=O) groups is 4. The quantitative estimate of drug-likeness (QED) is 0.121. The minimum Gasteiger partial charge on any atom is -0.466 e. The third-order valence-corrected chi connectivity index (χ3v) is 12.9. The monoisotopic (exact) mass is 720 g/mol. The van der Waals surface area contributed by atoms with Gasteiger partial charge in [0.05, 0.1) is 12.5 Å². The molecule has 0 unspecified atom stereocenters. The van der Waals surface area contributed by atoms with Crippen molar-refractivity contribution in [3.63, 3.8) is 0 Å². The molecule has 1 aromatic rings. The number of benzene rings is 1. The van der Waals surface area contributed by atoms with Gasteiger partial charge in [-0.2, -0.15) is 13.2 Å². The fraction of sp³-hybridized carbons (Fsp3) is 0.700. The molecule has 3 fully saturated rings. The summed E-state index contributed by atoms with van der Waals surface area (Å²) < 4.78 is 67.1. The number of hydrogen-bond acceptors (Lipinski definition) is 8. The average Bonchev–Trinajstić information content (AvgIpc) is 3.01. The van der Waals surface area contributed by atoms with Crippen molar-refractivity contribution in [3.05, 3.63) is 48.0 Å². The maximum atomic E-state index is 15.0. The molecule has 0 bridgehead atoms. The van der Waals surface area contributed by atoms with Crippen LogP contribution in [0, 0.1) is 39.9 Å². The van der Waals surface area contributed by atoms with Crippen LogP contribution in [0.2, 0.25) is 0 Å². The van der Waals surface area contributed by atoms with Crippen LogP contribution in [0.25, 0.3) is 0 Å². The molecule has 11 heteroatoms. The van der Waals surface area contributed by atoms with Crippen molar-refractivity contribution in [2.45, 2.75) is 124 Å².